The molecule has 0 spiro atoms. The van der Waals surface area contributed by atoms with Crippen LogP contribution in [0.5, 0.6) is 0 Å². The number of hydrogen-bond donors (Lipinski definition) is 1. The number of anilines is 2. The van der Waals surface area contributed by atoms with Crippen LogP contribution < -0.4 is 10.6 Å². The maximum Gasteiger partial charge on any atom is 0.343 e. The summed E-state index contributed by atoms with van der Waals surface area (Å²) in [6.45, 7) is 7.19. The van der Waals surface area contributed by atoms with Gasteiger partial charge in [-0.15, -0.1) is 11.3 Å². The van der Waals surface area contributed by atoms with Gasteiger partial charge < -0.3 is 20.1 Å². The Kier molecular flexibility index (Phi) is 6.64. The zero-order valence-electron chi connectivity index (χ0n) is 12.9. The van der Waals surface area contributed by atoms with Gasteiger partial charge in [-0.05, 0) is 13.8 Å². The molecular weight excluding hydrogens is 292 g/mol. The van der Waals surface area contributed by atoms with Crippen LogP contribution in [0.2, 0.25) is 0 Å². The number of nitrogens with zero attached hydrogens (tertiary/aromatic N) is 1. The second-order valence-corrected chi connectivity index (χ2v) is 5.37. The highest BCUT2D eigenvalue weighted by atomic mass is 32.1. The molecule has 0 saturated heterocycles. The van der Waals surface area contributed by atoms with E-state index in [0.717, 1.165) is 0 Å². The summed E-state index contributed by atoms with van der Waals surface area (Å²) in [5.74, 6) is -0.651. The van der Waals surface area contributed by atoms with Crippen molar-refractivity contribution in [3.05, 3.63) is 10.4 Å². The predicted octanol–water partition coefficient (Wildman–Crippen LogP) is 2.18. The first-order valence-corrected chi connectivity index (χ1v) is 7.63. The Bertz CT molecular complexity index is 513. The lowest BCUT2D eigenvalue weighted by atomic mass is 10.2. The number of thiophene rings is 1. The van der Waals surface area contributed by atoms with E-state index in [1.165, 1.54) is 18.3 Å². The van der Waals surface area contributed by atoms with Gasteiger partial charge in [0, 0.05) is 27.1 Å². The number of esters is 1. The van der Waals surface area contributed by atoms with Gasteiger partial charge in [0.15, 0.2) is 5.78 Å². The molecule has 0 bridgehead atoms. The Labute approximate surface area is 128 Å². The molecule has 0 unspecified atom stereocenters. The number of nitrogens with two attached hydrogens (primary N) is 1. The summed E-state index contributed by atoms with van der Waals surface area (Å²) in [6.07, 6.45) is 0. The quantitative estimate of drug-likeness (QED) is 0.585. The van der Waals surface area contributed by atoms with Crippen molar-refractivity contribution in [3.63, 3.8) is 0 Å². The minimum absolute atomic E-state index is 0.155. The minimum atomic E-state index is -0.496. The van der Waals surface area contributed by atoms with Gasteiger partial charge in [-0.3, -0.25) is 4.79 Å². The van der Waals surface area contributed by atoms with E-state index < -0.39 is 5.97 Å². The largest absolute Gasteiger partial charge is 0.462 e. The van der Waals surface area contributed by atoms with Crippen molar-refractivity contribution in [1.29, 1.82) is 0 Å². The number of hydrogen-bond acceptors (Lipinski definition) is 7. The average molecular weight is 314 g/mol. The number of rotatable bonds is 8. The monoisotopic (exact) mass is 314 g/mol. The molecule has 1 aromatic heterocycles. The highest BCUT2D eigenvalue weighted by Crippen LogP contribution is 2.39. The summed E-state index contributed by atoms with van der Waals surface area (Å²) in [5, 5.41) is 0.663. The Hall–Kier alpha value is -1.60. The maximum absolute atomic E-state index is 12.2. The van der Waals surface area contributed by atoms with Gasteiger partial charge in [0.1, 0.15) is 10.6 Å². The van der Waals surface area contributed by atoms with E-state index in [4.69, 9.17) is 15.2 Å². The maximum atomic E-state index is 12.2. The van der Waals surface area contributed by atoms with Crippen molar-refractivity contribution in [2.24, 2.45) is 0 Å². The molecule has 118 valence electrons. The number of likely N-dealkylation sites (N-methyl/N-ethyl adjacent to an activating group) is 1. The van der Waals surface area contributed by atoms with Crippen molar-refractivity contribution in [1.82, 2.24) is 0 Å². The summed E-state index contributed by atoms with van der Waals surface area (Å²) >= 11 is 1.23. The van der Waals surface area contributed by atoms with Crippen molar-refractivity contribution in [3.8, 4) is 0 Å². The molecule has 0 atom stereocenters. The lowest BCUT2D eigenvalue weighted by Crippen LogP contribution is -2.27. The van der Waals surface area contributed by atoms with E-state index in [9.17, 15) is 9.59 Å². The zero-order valence-corrected chi connectivity index (χ0v) is 13.7. The van der Waals surface area contributed by atoms with Crippen LogP contribution in [-0.2, 0) is 9.47 Å². The summed E-state index contributed by atoms with van der Waals surface area (Å²) in [7, 11) is 1.61. The van der Waals surface area contributed by atoms with Gasteiger partial charge in [-0.1, -0.05) is 0 Å². The molecule has 0 amide bonds. The number of nitrogen functional groups attached to an aromatic ring is 1. The first-order valence-electron chi connectivity index (χ1n) is 6.82. The fraction of sp³-hybridized carbons (Fsp3) is 0.571. The van der Waals surface area contributed by atoms with Crippen LogP contribution in [0.1, 0.15) is 40.8 Å². The van der Waals surface area contributed by atoms with Gasteiger partial charge in [-0.25, -0.2) is 4.79 Å². The number of Topliss-reactive ketones (excluding diaryl/α,β-unsaturated/α-hetero) is 1. The van der Waals surface area contributed by atoms with E-state index in [1.807, 2.05) is 11.8 Å². The number of carbonyl (C=O) groups is 2. The highest BCUT2D eigenvalue weighted by Gasteiger charge is 2.27. The number of ether oxygens (including phenoxy) is 2. The van der Waals surface area contributed by atoms with Gasteiger partial charge in [0.2, 0.25) is 0 Å². The van der Waals surface area contributed by atoms with Crippen molar-refractivity contribution < 1.29 is 19.1 Å². The molecule has 1 rings (SSSR count). The molecule has 1 aromatic rings. The van der Waals surface area contributed by atoms with Crippen molar-refractivity contribution in [2.75, 3.05) is 44.0 Å². The summed E-state index contributed by atoms with van der Waals surface area (Å²) < 4.78 is 10.1. The molecule has 1 heterocycles. The van der Waals surface area contributed by atoms with Crippen LogP contribution in [0.4, 0.5) is 10.7 Å². The van der Waals surface area contributed by atoms with E-state index in [0.29, 0.717) is 29.6 Å². The molecule has 0 aliphatic heterocycles. The van der Waals surface area contributed by atoms with E-state index in [1.54, 1.807) is 14.0 Å². The second kappa shape index (κ2) is 7.99. The van der Waals surface area contributed by atoms with Crippen LogP contribution in [0.3, 0.4) is 0 Å². The Morgan fingerprint density at radius 3 is 2.48 bits per heavy atom. The fourth-order valence-electron chi connectivity index (χ4n) is 1.92. The third-order valence-corrected chi connectivity index (χ3v) is 4.33. The van der Waals surface area contributed by atoms with Crippen LogP contribution >= 0.6 is 11.3 Å². The van der Waals surface area contributed by atoms with Gasteiger partial charge in [-0.2, -0.15) is 0 Å². The smallest absolute Gasteiger partial charge is 0.343 e. The number of methoxy groups -OCH3 is 1. The molecule has 0 saturated carbocycles. The molecular formula is C14H22N2O4S. The van der Waals surface area contributed by atoms with Gasteiger partial charge in [0.25, 0.3) is 0 Å². The fourth-order valence-corrected chi connectivity index (χ4v) is 3.11. The molecule has 0 aliphatic carbocycles. The summed E-state index contributed by atoms with van der Waals surface area (Å²) in [5.41, 5.74) is 6.48. The SMILES string of the molecule is CCOC(=O)c1c(N(CC)CCOC)sc(C(C)=O)c1N. The van der Waals surface area contributed by atoms with Gasteiger partial charge >= 0.3 is 5.97 Å². The molecule has 0 aliphatic rings. The average Bonchev–Trinajstić information content (AvgIpc) is 2.78. The molecule has 21 heavy (non-hydrogen) atoms. The first kappa shape index (κ1) is 17.5. The number of carbonyl (C=O) groups excluding carboxylic acids is 2. The van der Waals surface area contributed by atoms with Gasteiger partial charge in [0.05, 0.1) is 23.8 Å². The lowest BCUT2D eigenvalue weighted by molar-refractivity contribution is 0.0528. The standard InChI is InChI=1S/C14H22N2O4S/c1-5-16(7-8-19-4)13-10(14(18)20-6-2)11(15)12(21-13)9(3)17/h5-8,15H2,1-4H3. The predicted molar refractivity (Wildman–Crippen MR) is 84.5 cm³/mol. The third kappa shape index (κ3) is 3.95. The second-order valence-electron chi connectivity index (χ2n) is 4.37. The summed E-state index contributed by atoms with van der Waals surface area (Å²) in [6, 6.07) is 0. The molecule has 6 nitrogen and oxygen atoms in total. The Balaban J connectivity index is 3.30. The van der Waals surface area contributed by atoms with Crippen molar-refractivity contribution in [2.45, 2.75) is 20.8 Å². The molecule has 7 heteroatoms. The number of ketones is 1. The topological polar surface area (TPSA) is 81.9 Å². The van der Waals surface area contributed by atoms with Crippen molar-refractivity contribution >= 4 is 33.8 Å². The van der Waals surface area contributed by atoms with E-state index in [2.05, 4.69) is 0 Å². The lowest BCUT2D eigenvalue weighted by Gasteiger charge is -2.22. The van der Waals surface area contributed by atoms with E-state index >= 15 is 0 Å². The minimum Gasteiger partial charge on any atom is -0.462 e. The normalized spacial score (nSPS) is 10.5. The zero-order chi connectivity index (χ0) is 16.0. The van der Waals surface area contributed by atoms with Crippen LogP contribution in [0, 0.1) is 0 Å². The van der Waals surface area contributed by atoms with Crippen LogP contribution in [0.15, 0.2) is 0 Å². The highest BCUT2D eigenvalue weighted by molar-refractivity contribution is 7.19. The first-order chi connectivity index (χ1) is 9.97. The molecule has 0 fully saturated rings. The summed E-state index contributed by atoms with van der Waals surface area (Å²) in [4.78, 5) is 26.2. The third-order valence-electron chi connectivity index (χ3n) is 2.96. The molecule has 2 N–H and O–H groups in total. The van der Waals surface area contributed by atoms with E-state index in [-0.39, 0.29) is 23.6 Å². The molecule has 0 aromatic carbocycles. The molecule has 0 radical (unpaired) electrons. The Morgan fingerprint density at radius 2 is 2.00 bits per heavy atom. The van der Waals surface area contributed by atoms with Crippen LogP contribution in [0.25, 0.3) is 0 Å². The van der Waals surface area contributed by atoms with Crippen LogP contribution in [-0.4, -0.2) is 45.2 Å². The Morgan fingerprint density at radius 1 is 1.33 bits per heavy atom.